The summed E-state index contributed by atoms with van der Waals surface area (Å²) in [5.41, 5.74) is 0.0792. The Bertz CT molecular complexity index is 931. The number of thiol groups is 1. The van der Waals surface area contributed by atoms with Gasteiger partial charge in [0.2, 0.25) is 0 Å². The molecular weight excluding hydrogens is 320 g/mol. The molecule has 0 saturated carbocycles. The molecule has 4 nitrogen and oxygen atoms in total. The van der Waals surface area contributed by atoms with Gasteiger partial charge in [-0.1, -0.05) is 42.1 Å². The molecule has 6 heteroatoms. The Balaban J connectivity index is 2.22. The first-order valence-corrected chi connectivity index (χ1v) is 7.59. The average Bonchev–Trinajstić information content (AvgIpc) is 2.52. The topological polar surface area (TPSA) is 67.5 Å². The molecule has 0 unspecified atom stereocenters. The summed E-state index contributed by atoms with van der Waals surface area (Å²) in [4.78, 5) is 24.5. The molecule has 1 N–H and O–H groups in total. The van der Waals surface area contributed by atoms with Gasteiger partial charge in [0.1, 0.15) is 10.5 Å². The minimum absolute atomic E-state index is 0.170. The van der Waals surface area contributed by atoms with E-state index in [0.717, 1.165) is 5.39 Å². The highest BCUT2D eigenvalue weighted by molar-refractivity contribution is 8.00. The van der Waals surface area contributed by atoms with E-state index in [4.69, 9.17) is 4.42 Å². The molecule has 0 bridgehead atoms. The van der Waals surface area contributed by atoms with Crippen LogP contribution in [-0.4, -0.2) is 11.1 Å². The summed E-state index contributed by atoms with van der Waals surface area (Å²) in [6, 6.07) is 13.7. The van der Waals surface area contributed by atoms with Crippen LogP contribution in [0.1, 0.15) is 10.4 Å². The Kier molecular flexibility index (Phi) is 3.96. The smallest absolute Gasteiger partial charge is 0.350 e. The van der Waals surface area contributed by atoms with E-state index in [-0.39, 0.29) is 10.5 Å². The predicted octanol–water partition coefficient (Wildman–Crippen LogP) is 3.93. The molecule has 0 saturated heterocycles. The molecule has 0 aliphatic heterocycles. The van der Waals surface area contributed by atoms with Gasteiger partial charge in [-0.05, 0) is 18.2 Å². The number of carbonyl (C=O) groups is 1. The molecule has 1 heterocycles. The van der Waals surface area contributed by atoms with Crippen LogP contribution in [-0.2, 0) is 0 Å². The zero-order valence-corrected chi connectivity index (χ0v) is 12.9. The summed E-state index contributed by atoms with van der Waals surface area (Å²) in [5, 5.41) is 9.99. The van der Waals surface area contributed by atoms with Gasteiger partial charge in [0, 0.05) is 15.2 Å². The Morgan fingerprint density at radius 2 is 1.77 bits per heavy atom. The van der Waals surface area contributed by atoms with E-state index in [2.05, 4.69) is 12.6 Å². The molecule has 0 aliphatic rings. The minimum Gasteiger partial charge on any atom is -0.478 e. The van der Waals surface area contributed by atoms with Crippen molar-refractivity contribution in [3.8, 4) is 0 Å². The predicted molar refractivity (Wildman–Crippen MR) is 87.3 cm³/mol. The fourth-order valence-electron chi connectivity index (χ4n) is 2.06. The molecule has 3 aromatic rings. The van der Waals surface area contributed by atoms with Gasteiger partial charge in [-0.25, -0.2) is 9.59 Å². The molecule has 0 aliphatic carbocycles. The molecule has 2 aromatic carbocycles. The van der Waals surface area contributed by atoms with Gasteiger partial charge in [-0.15, -0.1) is 12.6 Å². The molecule has 22 heavy (non-hydrogen) atoms. The highest BCUT2D eigenvalue weighted by Gasteiger charge is 2.16. The maximum atomic E-state index is 11.9. The van der Waals surface area contributed by atoms with Crippen LogP contribution in [0.3, 0.4) is 0 Å². The summed E-state index contributed by atoms with van der Waals surface area (Å²) < 4.78 is 5.19. The van der Waals surface area contributed by atoms with Gasteiger partial charge < -0.3 is 9.52 Å². The number of hydrogen-bond donors (Lipinski definition) is 2. The van der Waals surface area contributed by atoms with E-state index in [0.29, 0.717) is 15.4 Å². The molecular formula is C16H10O4S2. The first kappa shape index (κ1) is 14.7. The minimum atomic E-state index is -1.02. The van der Waals surface area contributed by atoms with E-state index < -0.39 is 11.6 Å². The van der Waals surface area contributed by atoms with E-state index in [1.165, 1.54) is 17.8 Å². The first-order valence-electron chi connectivity index (χ1n) is 6.33. The van der Waals surface area contributed by atoms with Crippen molar-refractivity contribution < 1.29 is 14.3 Å². The van der Waals surface area contributed by atoms with Crippen molar-refractivity contribution in [1.29, 1.82) is 0 Å². The SMILES string of the molecule is O=C(O)c1ccccc1Sc1c(S)c(=O)oc2ccccc12. The largest absolute Gasteiger partial charge is 0.478 e. The van der Waals surface area contributed by atoms with E-state index in [1.54, 1.807) is 30.3 Å². The molecule has 0 fully saturated rings. The van der Waals surface area contributed by atoms with Crippen LogP contribution in [0, 0.1) is 0 Å². The number of carboxylic acid groups (broad SMARTS) is 1. The molecule has 0 spiro atoms. The van der Waals surface area contributed by atoms with Crippen molar-refractivity contribution in [3.05, 3.63) is 64.5 Å². The molecule has 0 radical (unpaired) electrons. The molecule has 110 valence electrons. The number of hydrogen-bond acceptors (Lipinski definition) is 5. The number of rotatable bonds is 3. The standard InChI is InChI=1S/C16H10O4S2/c17-15(18)10-6-2-4-8-12(10)22-14-9-5-1-3-7-11(9)20-16(19)13(14)21/h1-8,21H,(H,17,18). The number of aromatic carboxylic acids is 1. The lowest BCUT2D eigenvalue weighted by molar-refractivity contribution is 0.0693. The summed E-state index contributed by atoms with van der Waals surface area (Å²) in [7, 11) is 0. The Morgan fingerprint density at radius 3 is 2.55 bits per heavy atom. The summed E-state index contributed by atoms with van der Waals surface area (Å²) >= 11 is 5.42. The quantitative estimate of drug-likeness (QED) is 0.562. The maximum Gasteiger partial charge on any atom is 0.350 e. The Labute approximate surface area is 135 Å². The summed E-state index contributed by atoms with van der Waals surface area (Å²) in [5.74, 6) is -1.02. The lowest BCUT2D eigenvalue weighted by Gasteiger charge is -2.09. The third-order valence-corrected chi connectivity index (χ3v) is 4.83. The lowest BCUT2D eigenvalue weighted by atomic mass is 10.2. The second kappa shape index (κ2) is 5.90. The number of benzene rings is 2. The number of para-hydroxylation sites is 1. The monoisotopic (exact) mass is 330 g/mol. The van der Waals surface area contributed by atoms with Crippen LogP contribution < -0.4 is 5.63 Å². The highest BCUT2D eigenvalue weighted by Crippen LogP contribution is 2.37. The zero-order valence-electron chi connectivity index (χ0n) is 11.1. The van der Waals surface area contributed by atoms with E-state index in [9.17, 15) is 14.7 Å². The van der Waals surface area contributed by atoms with Gasteiger partial charge in [-0.3, -0.25) is 0 Å². The third kappa shape index (κ3) is 2.63. The highest BCUT2D eigenvalue weighted by atomic mass is 32.2. The van der Waals surface area contributed by atoms with Crippen LogP contribution in [0.15, 0.2) is 72.4 Å². The first-order chi connectivity index (χ1) is 10.6. The van der Waals surface area contributed by atoms with Crippen molar-refractivity contribution in [2.45, 2.75) is 14.7 Å². The van der Waals surface area contributed by atoms with Crippen molar-refractivity contribution in [2.75, 3.05) is 0 Å². The lowest BCUT2D eigenvalue weighted by Crippen LogP contribution is -2.03. The van der Waals surface area contributed by atoms with Gasteiger partial charge in [0.15, 0.2) is 0 Å². The summed E-state index contributed by atoms with van der Waals surface area (Å²) in [6.45, 7) is 0. The maximum absolute atomic E-state index is 11.9. The van der Waals surface area contributed by atoms with Gasteiger partial charge in [0.05, 0.1) is 5.56 Å². The van der Waals surface area contributed by atoms with E-state index >= 15 is 0 Å². The fraction of sp³-hybridized carbons (Fsp3) is 0. The van der Waals surface area contributed by atoms with Crippen LogP contribution in [0.2, 0.25) is 0 Å². The van der Waals surface area contributed by atoms with Crippen LogP contribution >= 0.6 is 24.4 Å². The van der Waals surface area contributed by atoms with Gasteiger partial charge >= 0.3 is 11.6 Å². The number of fused-ring (bicyclic) bond motifs is 1. The van der Waals surface area contributed by atoms with Gasteiger partial charge in [-0.2, -0.15) is 0 Å². The Morgan fingerprint density at radius 1 is 1.09 bits per heavy atom. The van der Waals surface area contributed by atoms with Crippen LogP contribution in [0.5, 0.6) is 0 Å². The van der Waals surface area contributed by atoms with Crippen LogP contribution in [0.25, 0.3) is 11.0 Å². The second-order valence-corrected chi connectivity index (χ2v) is 5.97. The van der Waals surface area contributed by atoms with E-state index in [1.807, 2.05) is 12.1 Å². The fourth-order valence-corrected chi connectivity index (χ4v) is 3.45. The average molecular weight is 330 g/mol. The van der Waals surface area contributed by atoms with Gasteiger partial charge in [0.25, 0.3) is 0 Å². The normalized spacial score (nSPS) is 10.8. The number of carboxylic acids is 1. The molecule has 3 rings (SSSR count). The Hall–Kier alpha value is -2.18. The van der Waals surface area contributed by atoms with Crippen molar-refractivity contribution >= 4 is 41.3 Å². The molecule has 1 aromatic heterocycles. The second-order valence-electron chi connectivity index (χ2n) is 4.47. The zero-order chi connectivity index (χ0) is 15.7. The van der Waals surface area contributed by atoms with Crippen molar-refractivity contribution in [3.63, 3.8) is 0 Å². The van der Waals surface area contributed by atoms with Crippen molar-refractivity contribution in [2.24, 2.45) is 0 Å². The molecule has 0 atom stereocenters. The van der Waals surface area contributed by atoms with Crippen LogP contribution in [0.4, 0.5) is 0 Å². The third-order valence-electron chi connectivity index (χ3n) is 3.07. The van der Waals surface area contributed by atoms with Crippen molar-refractivity contribution in [1.82, 2.24) is 0 Å². The summed E-state index contributed by atoms with van der Waals surface area (Å²) in [6.07, 6.45) is 0. The molecule has 0 amide bonds.